The molecule has 0 unspecified atom stereocenters. The van der Waals surface area contributed by atoms with Crippen molar-refractivity contribution in [2.24, 2.45) is 0 Å². The SMILES string of the molecule is CSc1ccccc1NC(=O)NCC(=O)Nc1ccc(F)cc1. The van der Waals surface area contributed by atoms with Gasteiger partial charge in [-0.25, -0.2) is 9.18 Å². The molecule has 0 aromatic heterocycles. The normalized spacial score (nSPS) is 10.0. The zero-order valence-corrected chi connectivity index (χ0v) is 13.2. The van der Waals surface area contributed by atoms with Crippen LogP contribution in [0.3, 0.4) is 0 Å². The van der Waals surface area contributed by atoms with Crippen molar-refractivity contribution in [1.29, 1.82) is 0 Å². The minimum Gasteiger partial charge on any atom is -0.329 e. The number of carbonyl (C=O) groups is 2. The molecule has 2 aromatic carbocycles. The van der Waals surface area contributed by atoms with Gasteiger partial charge in [0, 0.05) is 10.6 Å². The van der Waals surface area contributed by atoms with Gasteiger partial charge in [0.15, 0.2) is 0 Å². The highest BCUT2D eigenvalue weighted by atomic mass is 32.2. The number of nitrogens with one attached hydrogen (secondary N) is 3. The number of hydrogen-bond donors (Lipinski definition) is 3. The van der Waals surface area contributed by atoms with Crippen LogP contribution in [0.5, 0.6) is 0 Å². The maximum atomic E-state index is 12.8. The molecule has 7 heteroatoms. The Balaban J connectivity index is 1.82. The van der Waals surface area contributed by atoms with Crippen LogP contribution in [0.25, 0.3) is 0 Å². The van der Waals surface area contributed by atoms with E-state index in [9.17, 15) is 14.0 Å². The second-order valence-electron chi connectivity index (χ2n) is 4.56. The third kappa shape index (κ3) is 5.30. The summed E-state index contributed by atoms with van der Waals surface area (Å²) in [6, 6.07) is 12.3. The maximum absolute atomic E-state index is 12.8. The van der Waals surface area contributed by atoms with Crippen LogP contribution in [0.2, 0.25) is 0 Å². The van der Waals surface area contributed by atoms with Gasteiger partial charge in [-0.1, -0.05) is 12.1 Å². The Labute approximate surface area is 137 Å². The third-order valence-corrected chi connectivity index (χ3v) is 3.69. The number of thioether (sulfide) groups is 1. The summed E-state index contributed by atoms with van der Waals surface area (Å²) in [5.41, 5.74) is 1.14. The fraction of sp³-hybridized carbons (Fsp3) is 0.125. The molecule has 120 valence electrons. The van der Waals surface area contributed by atoms with E-state index in [0.29, 0.717) is 11.4 Å². The first kappa shape index (κ1) is 16.8. The molecule has 0 aliphatic rings. The summed E-state index contributed by atoms with van der Waals surface area (Å²) >= 11 is 1.51. The van der Waals surface area contributed by atoms with Crippen molar-refractivity contribution in [3.05, 3.63) is 54.3 Å². The van der Waals surface area contributed by atoms with Crippen LogP contribution in [0.15, 0.2) is 53.4 Å². The van der Waals surface area contributed by atoms with Crippen LogP contribution in [0.1, 0.15) is 0 Å². The first-order chi connectivity index (χ1) is 11.1. The van der Waals surface area contributed by atoms with Crippen molar-refractivity contribution in [2.45, 2.75) is 4.90 Å². The number of para-hydroxylation sites is 1. The smallest absolute Gasteiger partial charge is 0.319 e. The average Bonchev–Trinajstić information content (AvgIpc) is 2.55. The minimum atomic E-state index is -0.472. The first-order valence-electron chi connectivity index (χ1n) is 6.82. The average molecular weight is 333 g/mol. The van der Waals surface area contributed by atoms with Gasteiger partial charge in [0.05, 0.1) is 12.2 Å². The molecule has 0 fully saturated rings. The molecule has 0 aliphatic heterocycles. The lowest BCUT2D eigenvalue weighted by atomic mass is 10.3. The van der Waals surface area contributed by atoms with Gasteiger partial charge in [0.2, 0.25) is 5.91 Å². The maximum Gasteiger partial charge on any atom is 0.319 e. The van der Waals surface area contributed by atoms with E-state index < -0.39 is 11.9 Å². The summed E-state index contributed by atoms with van der Waals surface area (Å²) in [5, 5.41) is 7.71. The summed E-state index contributed by atoms with van der Waals surface area (Å²) in [4.78, 5) is 24.5. The van der Waals surface area contributed by atoms with Crippen LogP contribution in [-0.4, -0.2) is 24.7 Å². The van der Waals surface area contributed by atoms with Gasteiger partial charge >= 0.3 is 6.03 Å². The van der Waals surface area contributed by atoms with E-state index in [0.717, 1.165) is 4.90 Å². The van der Waals surface area contributed by atoms with Crippen molar-refractivity contribution in [1.82, 2.24) is 5.32 Å². The number of benzene rings is 2. The lowest BCUT2D eigenvalue weighted by molar-refractivity contribution is -0.115. The minimum absolute atomic E-state index is 0.190. The van der Waals surface area contributed by atoms with E-state index in [-0.39, 0.29) is 12.4 Å². The van der Waals surface area contributed by atoms with E-state index in [1.54, 1.807) is 6.07 Å². The molecule has 2 aromatic rings. The van der Waals surface area contributed by atoms with E-state index in [1.807, 2.05) is 24.5 Å². The van der Waals surface area contributed by atoms with Gasteiger partial charge < -0.3 is 16.0 Å². The van der Waals surface area contributed by atoms with Gasteiger partial charge in [-0.2, -0.15) is 0 Å². The highest BCUT2D eigenvalue weighted by Gasteiger charge is 2.08. The molecule has 5 nitrogen and oxygen atoms in total. The number of amides is 3. The van der Waals surface area contributed by atoms with Crippen molar-refractivity contribution >= 4 is 35.1 Å². The highest BCUT2D eigenvalue weighted by molar-refractivity contribution is 7.98. The molecule has 0 saturated heterocycles. The topological polar surface area (TPSA) is 70.2 Å². The molecule has 0 atom stereocenters. The summed E-state index contributed by atoms with van der Waals surface area (Å²) in [6.07, 6.45) is 1.91. The quantitative estimate of drug-likeness (QED) is 0.735. The zero-order chi connectivity index (χ0) is 16.7. The summed E-state index contributed by atoms with van der Waals surface area (Å²) in [6.45, 7) is -0.190. The van der Waals surface area contributed by atoms with E-state index >= 15 is 0 Å². The molecule has 2 rings (SSSR count). The monoisotopic (exact) mass is 333 g/mol. The predicted molar refractivity (Wildman–Crippen MR) is 90.3 cm³/mol. The molecular formula is C16H16FN3O2S. The van der Waals surface area contributed by atoms with Crippen molar-refractivity contribution in [2.75, 3.05) is 23.4 Å². The molecule has 0 spiro atoms. The van der Waals surface area contributed by atoms with Gasteiger partial charge in [0.1, 0.15) is 5.82 Å². The van der Waals surface area contributed by atoms with Crippen LogP contribution < -0.4 is 16.0 Å². The number of halogens is 1. The second-order valence-corrected chi connectivity index (χ2v) is 5.41. The van der Waals surface area contributed by atoms with Crippen LogP contribution in [-0.2, 0) is 4.79 Å². The molecule has 0 aliphatic carbocycles. The van der Waals surface area contributed by atoms with Gasteiger partial charge in [-0.15, -0.1) is 11.8 Å². The summed E-state index contributed by atoms with van der Waals surface area (Å²) < 4.78 is 12.8. The molecule has 3 N–H and O–H groups in total. The lowest BCUT2D eigenvalue weighted by Gasteiger charge is -2.10. The number of carbonyl (C=O) groups excluding carboxylic acids is 2. The van der Waals surface area contributed by atoms with E-state index in [4.69, 9.17) is 0 Å². The Morgan fingerprint density at radius 3 is 2.43 bits per heavy atom. The summed E-state index contributed by atoms with van der Waals surface area (Å²) in [5.74, 6) is -0.780. The predicted octanol–water partition coefficient (Wildman–Crippen LogP) is 3.31. The molecular weight excluding hydrogens is 317 g/mol. The van der Waals surface area contributed by atoms with Crippen molar-refractivity contribution in [3.8, 4) is 0 Å². The fourth-order valence-electron chi connectivity index (χ4n) is 1.81. The van der Waals surface area contributed by atoms with E-state index in [1.165, 1.54) is 36.0 Å². The summed E-state index contributed by atoms with van der Waals surface area (Å²) in [7, 11) is 0. The molecule has 0 heterocycles. The second kappa shape index (κ2) is 8.19. The molecule has 3 amide bonds. The fourth-order valence-corrected chi connectivity index (χ4v) is 2.37. The Morgan fingerprint density at radius 2 is 1.74 bits per heavy atom. The number of rotatable bonds is 5. The molecule has 0 radical (unpaired) electrons. The number of urea groups is 1. The number of hydrogen-bond acceptors (Lipinski definition) is 3. The third-order valence-electron chi connectivity index (χ3n) is 2.89. The molecule has 0 saturated carbocycles. The van der Waals surface area contributed by atoms with Gasteiger partial charge in [-0.3, -0.25) is 4.79 Å². The van der Waals surface area contributed by atoms with Crippen LogP contribution in [0, 0.1) is 5.82 Å². The number of anilines is 2. The molecule has 0 bridgehead atoms. The highest BCUT2D eigenvalue weighted by Crippen LogP contribution is 2.24. The standard InChI is InChI=1S/C16H16FN3O2S/c1-23-14-5-3-2-4-13(14)20-16(22)18-10-15(21)19-12-8-6-11(17)7-9-12/h2-9H,10H2,1H3,(H,19,21)(H2,18,20,22). The van der Waals surface area contributed by atoms with Gasteiger partial charge in [0.25, 0.3) is 0 Å². The van der Waals surface area contributed by atoms with Crippen LogP contribution >= 0.6 is 11.8 Å². The Morgan fingerprint density at radius 1 is 1.04 bits per heavy atom. The zero-order valence-electron chi connectivity index (χ0n) is 12.4. The van der Waals surface area contributed by atoms with Crippen molar-refractivity contribution < 1.29 is 14.0 Å². The Bertz CT molecular complexity index is 692. The van der Waals surface area contributed by atoms with E-state index in [2.05, 4.69) is 16.0 Å². The Hall–Kier alpha value is -2.54. The first-order valence-corrected chi connectivity index (χ1v) is 8.04. The largest absolute Gasteiger partial charge is 0.329 e. The van der Waals surface area contributed by atoms with Gasteiger partial charge in [-0.05, 0) is 42.7 Å². The van der Waals surface area contributed by atoms with Crippen LogP contribution in [0.4, 0.5) is 20.6 Å². The lowest BCUT2D eigenvalue weighted by Crippen LogP contribution is -2.35. The molecule has 23 heavy (non-hydrogen) atoms. The van der Waals surface area contributed by atoms with Crippen molar-refractivity contribution in [3.63, 3.8) is 0 Å². The Kier molecular flexibility index (Phi) is 5.99.